The zero-order valence-electron chi connectivity index (χ0n) is 14.9. The molecule has 5 nitrogen and oxygen atoms in total. The molecule has 5 N–H and O–H groups in total. The van der Waals surface area contributed by atoms with Gasteiger partial charge in [0, 0.05) is 11.8 Å². The van der Waals surface area contributed by atoms with Gasteiger partial charge in [-0.25, -0.2) is 0 Å². The number of hydrogen-bond acceptors (Lipinski definition) is 3. The number of carbonyl (C=O) groups is 2. The average Bonchev–Trinajstić information content (AvgIpc) is 2.58. The molecule has 1 saturated carbocycles. The van der Waals surface area contributed by atoms with Gasteiger partial charge in [0.1, 0.15) is 0 Å². The third-order valence-electron chi connectivity index (χ3n) is 5.45. The summed E-state index contributed by atoms with van der Waals surface area (Å²) < 4.78 is 0. The number of carbonyl (C=O) groups excluding carboxylic acids is 2. The second-order valence-electron chi connectivity index (χ2n) is 7.59. The molecule has 0 heterocycles. The van der Waals surface area contributed by atoms with Gasteiger partial charge in [-0.05, 0) is 55.9 Å². The standard InChI is InChI=1S/C20H30N2O3/c1-13-9-15(11-16(10-13)19(21)24)18(20(22)25)12-17(23)8-7-14-5-3-2-4-6-14/h2-6,13,15-18,23H,7-12H2,1H3,(H2,21,24)(H2,22,25)/t13?,15-,16?,17-,18-/m0/s1. The minimum absolute atomic E-state index is 0.0186. The number of nitrogens with two attached hydrogens (primary N) is 2. The van der Waals surface area contributed by atoms with E-state index in [1.165, 1.54) is 0 Å². The molecule has 2 rings (SSSR count). The van der Waals surface area contributed by atoms with Crippen LogP contribution in [0.15, 0.2) is 30.3 Å². The number of aliphatic hydroxyl groups is 1. The number of aliphatic hydroxyl groups excluding tert-OH is 1. The quantitative estimate of drug-likeness (QED) is 0.670. The summed E-state index contributed by atoms with van der Waals surface area (Å²) >= 11 is 0. The van der Waals surface area contributed by atoms with Gasteiger partial charge in [0.2, 0.25) is 11.8 Å². The van der Waals surface area contributed by atoms with Gasteiger partial charge in [0.05, 0.1) is 6.10 Å². The number of hydrogen-bond donors (Lipinski definition) is 3. The minimum atomic E-state index is -0.582. The summed E-state index contributed by atoms with van der Waals surface area (Å²) in [6.07, 6.45) is 3.34. The van der Waals surface area contributed by atoms with E-state index in [-0.39, 0.29) is 23.7 Å². The van der Waals surface area contributed by atoms with Crippen LogP contribution in [-0.2, 0) is 16.0 Å². The van der Waals surface area contributed by atoms with Gasteiger partial charge in [-0.2, -0.15) is 0 Å². The summed E-state index contributed by atoms with van der Waals surface area (Å²) in [5.74, 6) is -0.942. The fourth-order valence-electron chi connectivity index (χ4n) is 4.15. The molecule has 0 spiro atoms. The summed E-state index contributed by atoms with van der Waals surface area (Å²) in [6, 6.07) is 9.96. The van der Waals surface area contributed by atoms with Crippen molar-refractivity contribution in [3.63, 3.8) is 0 Å². The first-order chi connectivity index (χ1) is 11.9. The van der Waals surface area contributed by atoms with Crippen molar-refractivity contribution in [3.8, 4) is 0 Å². The molecule has 1 aliphatic rings. The number of amides is 2. The predicted molar refractivity (Wildman–Crippen MR) is 97.3 cm³/mol. The summed E-state index contributed by atoms with van der Waals surface area (Å²) in [6.45, 7) is 2.08. The molecule has 0 bridgehead atoms. The van der Waals surface area contributed by atoms with Crippen molar-refractivity contribution in [1.29, 1.82) is 0 Å². The second-order valence-corrected chi connectivity index (χ2v) is 7.59. The summed E-state index contributed by atoms with van der Waals surface area (Å²) in [7, 11) is 0. The number of rotatable bonds is 8. The van der Waals surface area contributed by atoms with Crippen LogP contribution in [0.2, 0.25) is 0 Å². The van der Waals surface area contributed by atoms with Crippen LogP contribution in [0.5, 0.6) is 0 Å². The van der Waals surface area contributed by atoms with E-state index in [4.69, 9.17) is 11.5 Å². The van der Waals surface area contributed by atoms with Crippen molar-refractivity contribution >= 4 is 11.8 Å². The van der Waals surface area contributed by atoms with Crippen LogP contribution in [-0.4, -0.2) is 23.0 Å². The largest absolute Gasteiger partial charge is 0.393 e. The molecule has 2 unspecified atom stereocenters. The molecule has 0 saturated heterocycles. The van der Waals surface area contributed by atoms with Gasteiger partial charge < -0.3 is 16.6 Å². The van der Waals surface area contributed by atoms with Gasteiger partial charge in [-0.1, -0.05) is 37.3 Å². The molecule has 5 atom stereocenters. The highest BCUT2D eigenvalue weighted by Crippen LogP contribution is 2.38. The topological polar surface area (TPSA) is 106 Å². The Bertz CT molecular complexity index is 576. The molecule has 1 aliphatic carbocycles. The number of primary amides is 2. The highest BCUT2D eigenvalue weighted by molar-refractivity contribution is 5.78. The van der Waals surface area contributed by atoms with Gasteiger partial charge in [-0.3, -0.25) is 9.59 Å². The lowest BCUT2D eigenvalue weighted by atomic mass is 9.69. The van der Waals surface area contributed by atoms with Crippen molar-refractivity contribution in [2.45, 2.75) is 51.6 Å². The molecule has 1 aromatic rings. The van der Waals surface area contributed by atoms with Crippen molar-refractivity contribution in [1.82, 2.24) is 0 Å². The molecule has 2 amide bonds. The van der Waals surface area contributed by atoms with Crippen LogP contribution in [0.4, 0.5) is 0 Å². The normalized spacial score (nSPS) is 25.9. The smallest absolute Gasteiger partial charge is 0.220 e. The Labute approximate surface area is 149 Å². The predicted octanol–water partition coefficient (Wildman–Crippen LogP) is 2.01. The van der Waals surface area contributed by atoms with Crippen LogP contribution in [0, 0.1) is 23.7 Å². The van der Waals surface area contributed by atoms with E-state index in [2.05, 4.69) is 6.92 Å². The van der Waals surface area contributed by atoms with Gasteiger partial charge >= 0.3 is 0 Å². The lowest BCUT2D eigenvalue weighted by Gasteiger charge is -2.36. The van der Waals surface area contributed by atoms with Gasteiger partial charge in [0.25, 0.3) is 0 Å². The molecule has 25 heavy (non-hydrogen) atoms. The minimum Gasteiger partial charge on any atom is -0.393 e. The van der Waals surface area contributed by atoms with E-state index in [0.29, 0.717) is 25.2 Å². The Balaban J connectivity index is 1.95. The van der Waals surface area contributed by atoms with Crippen LogP contribution in [0.1, 0.15) is 44.6 Å². The third kappa shape index (κ3) is 5.85. The van der Waals surface area contributed by atoms with Crippen molar-refractivity contribution < 1.29 is 14.7 Å². The summed E-state index contributed by atoms with van der Waals surface area (Å²) in [5.41, 5.74) is 12.3. The maximum absolute atomic E-state index is 12.0. The summed E-state index contributed by atoms with van der Waals surface area (Å²) in [5, 5.41) is 10.4. The lowest BCUT2D eigenvalue weighted by molar-refractivity contribution is -0.129. The summed E-state index contributed by atoms with van der Waals surface area (Å²) in [4.78, 5) is 23.6. The molecule has 0 aliphatic heterocycles. The van der Waals surface area contributed by atoms with Crippen LogP contribution in [0.3, 0.4) is 0 Å². The van der Waals surface area contributed by atoms with E-state index in [1.54, 1.807) is 0 Å². The maximum Gasteiger partial charge on any atom is 0.220 e. The molecule has 138 valence electrons. The van der Waals surface area contributed by atoms with Crippen molar-refractivity contribution in [2.24, 2.45) is 35.1 Å². The third-order valence-corrected chi connectivity index (χ3v) is 5.45. The molecule has 1 fully saturated rings. The lowest BCUT2D eigenvalue weighted by Crippen LogP contribution is -2.39. The van der Waals surface area contributed by atoms with E-state index < -0.39 is 12.0 Å². The molecule has 1 aromatic carbocycles. The number of benzene rings is 1. The van der Waals surface area contributed by atoms with Crippen LogP contribution >= 0.6 is 0 Å². The zero-order chi connectivity index (χ0) is 18.4. The SMILES string of the molecule is CC1CC(C(N)=O)C[C@@H]([C@H](C[C@@H](O)CCc2ccccc2)C(N)=O)C1. The first-order valence-corrected chi connectivity index (χ1v) is 9.17. The van der Waals surface area contributed by atoms with Crippen LogP contribution in [0.25, 0.3) is 0 Å². The molecular formula is C20H30N2O3. The Morgan fingerprint density at radius 3 is 2.44 bits per heavy atom. The molecule has 0 radical (unpaired) electrons. The van der Waals surface area contributed by atoms with Crippen LogP contribution < -0.4 is 11.5 Å². The first-order valence-electron chi connectivity index (χ1n) is 9.17. The van der Waals surface area contributed by atoms with Gasteiger partial charge in [-0.15, -0.1) is 0 Å². The first kappa shape index (κ1) is 19.4. The Kier molecular flexibility index (Phi) is 7.00. The Hall–Kier alpha value is -1.88. The monoisotopic (exact) mass is 346 g/mol. The maximum atomic E-state index is 12.0. The highest BCUT2D eigenvalue weighted by Gasteiger charge is 2.37. The number of aryl methyl sites for hydroxylation is 1. The zero-order valence-corrected chi connectivity index (χ0v) is 14.9. The van der Waals surface area contributed by atoms with E-state index in [9.17, 15) is 14.7 Å². The molecule has 5 heteroatoms. The fraction of sp³-hybridized carbons (Fsp3) is 0.600. The van der Waals surface area contributed by atoms with E-state index in [0.717, 1.165) is 24.8 Å². The molecule has 0 aromatic heterocycles. The second kappa shape index (κ2) is 8.99. The fourth-order valence-corrected chi connectivity index (χ4v) is 4.15. The van der Waals surface area contributed by atoms with E-state index >= 15 is 0 Å². The van der Waals surface area contributed by atoms with Crippen molar-refractivity contribution in [3.05, 3.63) is 35.9 Å². The Morgan fingerprint density at radius 2 is 1.84 bits per heavy atom. The Morgan fingerprint density at radius 1 is 1.16 bits per heavy atom. The van der Waals surface area contributed by atoms with E-state index in [1.807, 2.05) is 30.3 Å². The van der Waals surface area contributed by atoms with Crippen molar-refractivity contribution in [2.75, 3.05) is 0 Å². The highest BCUT2D eigenvalue weighted by atomic mass is 16.3. The van der Waals surface area contributed by atoms with Gasteiger partial charge in [0.15, 0.2) is 0 Å². The average molecular weight is 346 g/mol. The molecular weight excluding hydrogens is 316 g/mol.